The van der Waals surface area contributed by atoms with E-state index in [0.717, 1.165) is 57.8 Å². The molecule has 0 aromatic carbocycles. The maximum absolute atomic E-state index is 12.8. The highest BCUT2D eigenvalue weighted by atomic mass is 16.5. The summed E-state index contributed by atoms with van der Waals surface area (Å²) in [6.45, 7) is 5.35. The Labute approximate surface area is 214 Å². The van der Waals surface area contributed by atoms with Crippen molar-refractivity contribution in [3.63, 3.8) is 0 Å². The maximum atomic E-state index is 12.8. The minimum absolute atomic E-state index is 0.0143. The van der Waals surface area contributed by atoms with E-state index in [0.29, 0.717) is 42.9 Å². The number of ketones is 1. The normalized spacial score (nSPS) is 40.1. The third-order valence-corrected chi connectivity index (χ3v) is 10.6. The van der Waals surface area contributed by atoms with Gasteiger partial charge < -0.3 is 15.4 Å². The van der Waals surface area contributed by atoms with Crippen LogP contribution in [0.15, 0.2) is 11.6 Å². The minimum Gasteiger partial charge on any atom is -0.462 e. The summed E-state index contributed by atoms with van der Waals surface area (Å²) in [6, 6.07) is -0.504. The van der Waals surface area contributed by atoms with Gasteiger partial charge in [-0.3, -0.25) is 19.2 Å². The molecule has 1 aliphatic heterocycles. The number of nitrogens with one attached hydrogen (secondary N) is 2. The molecule has 7 heteroatoms. The molecule has 4 aliphatic carbocycles. The second kappa shape index (κ2) is 9.94. The first-order valence-electron chi connectivity index (χ1n) is 14.2. The van der Waals surface area contributed by atoms with Crippen LogP contribution in [-0.4, -0.2) is 42.3 Å². The van der Waals surface area contributed by atoms with E-state index in [9.17, 15) is 19.2 Å². The van der Waals surface area contributed by atoms with Crippen LogP contribution in [0.4, 0.5) is 0 Å². The molecule has 7 unspecified atom stereocenters. The number of allylic oxidation sites excluding steroid dienone is 1. The number of esters is 1. The zero-order valence-electron chi connectivity index (χ0n) is 21.9. The number of carbonyl (C=O) groups excluding carboxylic acids is 4. The molecular formula is C29H42N2O5. The van der Waals surface area contributed by atoms with Gasteiger partial charge in [-0.25, -0.2) is 0 Å². The lowest BCUT2D eigenvalue weighted by molar-refractivity contribution is -0.160. The van der Waals surface area contributed by atoms with Crippen molar-refractivity contribution in [3.8, 4) is 0 Å². The predicted molar refractivity (Wildman–Crippen MR) is 135 cm³/mol. The third kappa shape index (κ3) is 4.63. The van der Waals surface area contributed by atoms with Crippen molar-refractivity contribution in [2.24, 2.45) is 28.6 Å². The first-order valence-corrected chi connectivity index (χ1v) is 14.2. The Bertz CT molecular complexity index is 959. The van der Waals surface area contributed by atoms with E-state index >= 15 is 0 Å². The lowest BCUT2D eigenvalue weighted by atomic mass is 9.47. The molecular weight excluding hydrogens is 456 g/mol. The van der Waals surface area contributed by atoms with Crippen LogP contribution in [0.1, 0.15) is 97.3 Å². The second-order valence-corrected chi connectivity index (χ2v) is 12.5. The van der Waals surface area contributed by atoms with Gasteiger partial charge in [0.15, 0.2) is 5.78 Å². The van der Waals surface area contributed by atoms with E-state index in [1.54, 1.807) is 0 Å². The lowest BCUT2D eigenvalue weighted by Gasteiger charge is -2.57. The number of amides is 2. The molecule has 2 N–H and O–H groups in total. The highest BCUT2D eigenvalue weighted by Crippen LogP contribution is 2.65. The van der Waals surface area contributed by atoms with E-state index in [4.69, 9.17) is 4.74 Å². The number of ether oxygens (including phenoxy) is 1. The van der Waals surface area contributed by atoms with E-state index in [-0.39, 0.29) is 47.6 Å². The number of carbonyl (C=O) groups is 4. The van der Waals surface area contributed by atoms with E-state index in [1.807, 2.05) is 6.08 Å². The fourth-order valence-electron chi connectivity index (χ4n) is 8.48. The van der Waals surface area contributed by atoms with Crippen LogP contribution in [0, 0.1) is 28.6 Å². The average Bonchev–Trinajstić information content (AvgIpc) is 3.04. The van der Waals surface area contributed by atoms with Crippen molar-refractivity contribution in [1.82, 2.24) is 10.6 Å². The van der Waals surface area contributed by atoms with Gasteiger partial charge in [0.05, 0.1) is 6.42 Å². The highest BCUT2D eigenvalue weighted by molar-refractivity contribution is 5.91. The van der Waals surface area contributed by atoms with Crippen molar-refractivity contribution in [2.45, 2.75) is 109 Å². The van der Waals surface area contributed by atoms with Crippen molar-refractivity contribution in [3.05, 3.63) is 11.6 Å². The predicted octanol–water partition coefficient (Wildman–Crippen LogP) is 4.00. The molecule has 198 valence electrons. The SMILES string of the molecule is CC12CCC(=O)C=C1CCC1C2CCC2(C)C(OC(=O)CCC(=O)NC3CCCCNC3=O)CCC12. The van der Waals surface area contributed by atoms with E-state index in [1.165, 1.54) is 5.57 Å². The number of fused-ring (bicyclic) bond motifs is 5. The van der Waals surface area contributed by atoms with Crippen molar-refractivity contribution >= 4 is 23.6 Å². The lowest BCUT2D eigenvalue weighted by Crippen LogP contribution is -2.51. The summed E-state index contributed by atoms with van der Waals surface area (Å²) >= 11 is 0. The molecule has 4 fully saturated rings. The molecule has 7 atom stereocenters. The van der Waals surface area contributed by atoms with Crippen LogP contribution in [0.5, 0.6) is 0 Å². The average molecular weight is 499 g/mol. The molecule has 0 aromatic heterocycles. The summed E-state index contributed by atoms with van der Waals surface area (Å²) in [4.78, 5) is 49.3. The molecule has 2 amide bonds. The molecule has 7 nitrogen and oxygen atoms in total. The highest BCUT2D eigenvalue weighted by Gasteiger charge is 2.59. The summed E-state index contributed by atoms with van der Waals surface area (Å²) in [7, 11) is 0. The van der Waals surface area contributed by atoms with Gasteiger partial charge in [0.1, 0.15) is 12.1 Å². The fourth-order valence-corrected chi connectivity index (χ4v) is 8.48. The Morgan fingerprint density at radius 2 is 1.83 bits per heavy atom. The fraction of sp³-hybridized carbons (Fsp3) is 0.793. The van der Waals surface area contributed by atoms with Gasteiger partial charge in [-0.1, -0.05) is 19.4 Å². The Balaban J connectivity index is 1.16. The standard InChI is InChI=1S/C29H42N2O5/c1-28-14-12-19(32)17-18(28)6-7-20-21-8-9-24(29(21,2)15-13-22(20)28)36-26(34)11-10-25(33)31-23-5-3-4-16-30-27(23)35/h17,20-24H,3-16H2,1-2H3,(H,30,35)(H,31,33). The van der Waals surface area contributed by atoms with Gasteiger partial charge in [-0.05, 0) is 93.5 Å². The van der Waals surface area contributed by atoms with Crippen LogP contribution in [0.2, 0.25) is 0 Å². The molecule has 36 heavy (non-hydrogen) atoms. The monoisotopic (exact) mass is 498 g/mol. The van der Waals surface area contributed by atoms with E-state index in [2.05, 4.69) is 24.5 Å². The van der Waals surface area contributed by atoms with Crippen molar-refractivity contribution < 1.29 is 23.9 Å². The van der Waals surface area contributed by atoms with E-state index < -0.39 is 6.04 Å². The quantitative estimate of drug-likeness (QED) is 0.558. The molecule has 0 radical (unpaired) electrons. The number of rotatable bonds is 5. The number of hydrogen-bond acceptors (Lipinski definition) is 5. The zero-order valence-corrected chi connectivity index (χ0v) is 21.9. The minimum atomic E-state index is -0.504. The largest absolute Gasteiger partial charge is 0.462 e. The Kier molecular flexibility index (Phi) is 7.03. The Morgan fingerprint density at radius 1 is 1.00 bits per heavy atom. The third-order valence-electron chi connectivity index (χ3n) is 10.6. The van der Waals surface area contributed by atoms with Crippen LogP contribution in [0.3, 0.4) is 0 Å². The molecule has 5 aliphatic rings. The van der Waals surface area contributed by atoms with Crippen molar-refractivity contribution in [2.75, 3.05) is 6.54 Å². The summed E-state index contributed by atoms with van der Waals surface area (Å²) in [5.41, 5.74) is 1.51. The van der Waals surface area contributed by atoms with Crippen LogP contribution >= 0.6 is 0 Å². The molecule has 0 aromatic rings. The van der Waals surface area contributed by atoms with Crippen molar-refractivity contribution in [1.29, 1.82) is 0 Å². The number of hydrogen-bond donors (Lipinski definition) is 2. The molecule has 5 rings (SSSR count). The summed E-state index contributed by atoms with van der Waals surface area (Å²) in [5.74, 6) is 1.36. The van der Waals surface area contributed by atoms with Gasteiger partial charge in [-0.15, -0.1) is 0 Å². The van der Waals surface area contributed by atoms with Crippen LogP contribution in [-0.2, 0) is 23.9 Å². The Hall–Kier alpha value is -2.18. The van der Waals surface area contributed by atoms with Gasteiger partial charge in [0, 0.05) is 24.8 Å². The zero-order chi connectivity index (χ0) is 25.5. The molecule has 0 bridgehead atoms. The van der Waals surface area contributed by atoms with Crippen LogP contribution in [0.25, 0.3) is 0 Å². The molecule has 1 heterocycles. The Morgan fingerprint density at radius 3 is 2.67 bits per heavy atom. The summed E-state index contributed by atoms with van der Waals surface area (Å²) in [5, 5.41) is 5.61. The van der Waals surface area contributed by atoms with Gasteiger partial charge in [0.25, 0.3) is 0 Å². The van der Waals surface area contributed by atoms with Gasteiger partial charge in [-0.2, -0.15) is 0 Å². The van der Waals surface area contributed by atoms with Gasteiger partial charge in [0.2, 0.25) is 11.8 Å². The second-order valence-electron chi connectivity index (χ2n) is 12.5. The molecule has 3 saturated carbocycles. The van der Waals surface area contributed by atoms with Crippen LogP contribution < -0.4 is 10.6 Å². The summed E-state index contributed by atoms with van der Waals surface area (Å²) < 4.78 is 6.04. The molecule has 0 spiro atoms. The topological polar surface area (TPSA) is 102 Å². The maximum Gasteiger partial charge on any atom is 0.306 e. The first kappa shape index (κ1) is 25.5. The van der Waals surface area contributed by atoms with Gasteiger partial charge >= 0.3 is 5.97 Å². The molecule has 1 saturated heterocycles. The summed E-state index contributed by atoms with van der Waals surface area (Å²) in [6.07, 6.45) is 12.4. The smallest absolute Gasteiger partial charge is 0.306 e. The first-order chi connectivity index (χ1) is 17.2.